The number of carbonyl (C=O) groups excluding carboxylic acids is 1. The first-order chi connectivity index (χ1) is 12.6. The summed E-state index contributed by atoms with van der Waals surface area (Å²) in [5.74, 6) is 0.382. The maximum Gasteiger partial charge on any atom is 0.273 e. The van der Waals surface area contributed by atoms with Gasteiger partial charge in [0.2, 0.25) is 0 Å². The Labute approximate surface area is 154 Å². The molecule has 1 aliphatic carbocycles. The maximum absolute atomic E-state index is 12.3. The largest absolute Gasteiger partial charge is 0.391 e. The Morgan fingerprint density at radius 2 is 2.08 bits per heavy atom. The molecule has 2 atom stereocenters. The minimum atomic E-state index is -0.469. The lowest BCUT2D eigenvalue weighted by Gasteiger charge is -2.27. The third-order valence-corrected chi connectivity index (χ3v) is 4.89. The Balaban J connectivity index is 1.48. The van der Waals surface area contributed by atoms with Gasteiger partial charge in [-0.1, -0.05) is 48.3 Å². The zero-order valence-corrected chi connectivity index (χ0v) is 15.2. The van der Waals surface area contributed by atoms with Crippen molar-refractivity contribution >= 4 is 5.91 Å². The van der Waals surface area contributed by atoms with E-state index in [-0.39, 0.29) is 17.6 Å². The van der Waals surface area contributed by atoms with Gasteiger partial charge in [0.15, 0.2) is 11.5 Å². The van der Waals surface area contributed by atoms with E-state index >= 15 is 0 Å². The predicted molar refractivity (Wildman–Crippen MR) is 98.7 cm³/mol. The van der Waals surface area contributed by atoms with Crippen molar-refractivity contribution < 1.29 is 14.4 Å². The molecule has 0 aliphatic heterocycles. The summed E-state index contributed by atoms with van der Waals surface area (Å²) >= 11 is 0. The van der Waals surface area contributed by atoms with Gasteiger partial charge >= 0.3 is 0 Å². The summed E-state index contributed by atoms with van der Waals surface area (Å²) in [6.07, 6.45) is 4.07. The number of aliphatic hydroxyl groups is 1. The smallest absolute Gasteiger partial charge is 0.273 e. The minimum Gasteiger partial charge on any atom is -0.391 e. The number of likely N-dealkylation sites (N-methyl/N-ethyl adjacent to an activating group) is 1. The van der Waals surface area contributed by atoms with Crippen molar-refractivity contribution in [2.45, 2.75) is 50.8 Å². The maximum atomic E-state index is 12.3. The van der Waals surface area contributed by atoms with Crippen molar-refractivity contribution in [3.8, 4) is 0 Å². The van der Waals surface area contributed by atoms with E-state index in [2.05, 4.69) is 27.5 Å². The van der Waals surface area contributed by atoms with Gasteiger partial charge in [-0.15, -0.1) is 0 Å². The molecule has 26 heavy (non-hydrogen) atoms. The third-order valence-electron chi connectivity index (χ3n) is 4.89. The highest BCUT2D eigenvalue weighted by Crippen LogP contribution is 2.19. The van der Waals surface area contributed by atoms with E-state index in [4.69, 9.17) is 4.52 Å². The molecule has 1 aliphatic rings. The quantitative estimate of drug-likeness (QED) is 0.795. The summed E-state index contributed by atoms with van der Waals surface area (Å²) in [7, 11) is 2.02. The van der Waals surface area contributed by atoms with Gasteiger partial charge in [-0.3, -0.25) is 9.69 Å². The molecular weight excluding hydrogens is 330 g/mol. The number of amides is 1. The molecule has 6 nitrogen and oxygen atoms in total. The van der Waals surface area contributed by atoms with Crippen LogP contribution in [0.25, 0.3) is 0 Å². The molecule has 140 valence electrons. The van der Waals surface area contributed by atoms with Crippen LogP contribution in [0.5, 0.6) is 0 Å². The number of rotatable bonds is 7. The molecule has 6 heteroatoms. The van der Waals surface area contributed by atoms with Crippen LogP contribution in [0.3, 0.4) is 0 Å². The molecule has 0 unspecified atom stereocenters. The molecule has 1 aromatic heterocycles. The Bertz CT molecular complexity index is 701. The normalized spacial score (nSPS) is 20.3. The molecule has 2 N–H and O–H groups in total. The minimum absolute atomic E-state index is 0.190. The Morgan fingerprint density at radius 1 is 1.31 bits per heavy atom. The Morgan fingerprint density at radius 3 is 2.85 bits per heavy atom. The molecule has 0 bridgehead atoms. The van der Waals surface area contributed by atoms with E-state index < -0.39 is 6.10 Å². The molecule has 1 amide bonds. The highest BCUT2D eigenvalue weighted by atomic mass is 16.5. The fourth-order valence-corrected chi connectivity index (χ4v) is 3.33. The van der Waals surface area contributed by atoms with Gasteiger partial charge in [-0.25, -0.2) is 0 Å². The third kappa shape index (κ3) is 5.16. The van der Waals surface area contributed by atoms with Crippen molar-refractivity contribution in [3.63, 3.8) is 0 Å². The van der Waals surface area contributed by atoms with E-state index in [1.54, 1.807) is 6.07 Å². The van der Waals surface area contributed by atoms with Crippen LogP contribution in [-0.2, 0) is 13.0 Å². The van der Waals surface area contributed by atoms with Gasteiger partial charge in [-0.2, -0.15) is 0 Å². The standard InChI is InChI=1S/C20H27N3O3/c1-23(12-11-15-7-3-2-4-8-15)14-16-13-18(22-26-16)20(25)21-17-9-5-6-10-19(17)24/h2-4,7-8,13,17,19,24H,5-6,9-12,14H2,1H3,(H,21,25)/t17-,19-/m0/s1. The first-order valence-corrected chi connectivity index (χ1v) is 9.29. The van der Waals surface area contributed by atoms with Crippen LogP contribution in [0.2, 0.25) is 0 Å². The Kier molecular flexibility index (Phi) is 6.41. The lowest BCUT2D eigenvalue weighted by atomic mass is 9.92. The first-order valence-electron chi connectivity index (χ1n) is 9.29. The van der Waals surface area contributed by atoms with Crippen molar-refractivity contribution in [1.29, 1.82) is 0 Å². The molecule has 0 radical (unpaired) electrons. The number of nitrogens with one attached hydrogen (secondary N) is 1. The SMILES string of the molecule is CN(CCc1ccccc1)Cc1cc(C(=O)N[C@H]2CCCC[C@@H]2O)no1. The number of carbonyl (C=O) groups is 1. The molecule has 0 saturated heterocycles. The van der Waals surface area contributed by atoms with Crippen LogP contribution in [0.15, 0.2) is 40.9 Å². The lowest BCUT2D eigenvalue weighted by molar-refractivity contribution is 0.0711. The summed E-state index contributed by atoms with van der Waals surface area (Å²) in [6.45, 7) is 1.49. The van der Waals surface area contributed by atoms with Crippen LogP contribution in [0, 0.1) is 0 Å². The number of benzene rings is 1. The van der Waals surface area contributed by atoms with Gasteiger partial charge in [0.05, 0.1) is 18.7 Å². The number of aromatic nitrogens is 1. The average Bonchev–Trinajstić information content (AvgIpc) is 3.11. The van der Waals surface area contributed by atoms with Crippen LogP contribution < -0.4 is 5.32 Å². The van der Waals surface area contributed by atoms with Crippen LogP contribution >= 0.6 is 0 Å². The van der Waals surface area contributed by atoms with Crippen molar-refractivity contribution in [1.82, 2.24) is 15.4 Å². The fraction of sp³-hybridized carbons (Fsp3) is 0.500. The van der Waals surface area contributed by atoms with Gasteiger partial charge < -0.3 is 14.9 Å². The van der Waals surface area contributed by atoms with Crippen molar-refractivity contribution in [2.24, 2.45) is 0 Å². The monoisotopic (exact) mass is 357 g/mol. The molecular formula is C20H27N3O3. The molecule has 1 fully saturated rings. The van der Waals surface area contributed by atoms with Crippen LogP contribution in [0.1, 0.15) is 47.5 Å². The number of nitrogens with zero attached hydrogens (tertiary/aromatic N) is 2. The second kappa shape index (κ2) is 8.96. The first kappa shape index (κ1) is 18.6. The van der Waals surface area contributed by atoms with Gasteiger partial charge in [-0.05, 0) is 31.9 Å². The molecule has 2 aromatic rings. The number of hydrogen-bond donors (Lipinski definition) is 2. The molecule has 3 rings (SSSR count). The van der Waals surface area contributed by atoms with E-state index in [9.17, 15) is 9.90 Å². The predicted octanol–water partition coefficient (Wildman–Crippen LogP) is 2.38. The van der Waals surface area contributed by atoms with Gasteiger partial charge in [0, 0.05) is 12.6 Å². The highest BCUT2D eigenvalue weighted by Gasteiger charge is 2.26. The van der Waals surface area contributed by atoms with Crippen LogP contribution in [0.4, 0.5) is 0 Å². The Hall–Kier alpha value is -2.18. The topological polar surface area (TPSA) is 78.6 Å². The number of hydrogen-bond acceptors (Lipinski definition) is 5. The zero-order valence-electron chi connectivity index (χ0n) is 15.2. The lowest BCUT2D eigenvalue weighted by Crippen LogP contribution is -2.45. The molecule has 1 saturated carbocycles. The zero-order chi connectivity index (χ0) is 18.4. The van der Waals surface area contributed by atoms with E-state index in [1.165, 1.54) is 5.56 Å². The van der Waals surface area contributed by atoms with Crippen LogP contribution in [-0.4, -0.2) is 46.8 Å². The molecule has 1 heterocycles. The second-order valence-corrected chi connectivity index (χ2v) is 7.08. The second-order valence-electron chi connectivity index (χ2n) is 7.08. The number of aliphatic hydroxyl groups excluding tert-OH is 1. The van der Waals surface area contributed by atoms with E-state index in [1.807, 2.05) is 25.2 Å². The summed E-state index contributed by atoms with van der Waals surface area (Å²) in [5, 5.41) is 16.7. The average molecular weight is 357 g/mol. The molecule has 0 spiro atoms. The fourth-order valence-electron chi connectivity index (χ4n) is 3.33. The highest BCUT2D eigenvalue weighted by molar-refractivity contribution is 5.92. The van der Waals surface area contributed by atoms with Crippen molar-refractivity contribution in [3.05, 3.63) is 53.4 Å². The van der Waals surface area contributed by atoms with E-state index in [0.29, 0.717) is 12.3 Å². The molecule has 1 aromatic carbocycles. The summed E-state index contributed by atoms with van der Waals surface area (Å²) in [5.41, 5.74) is 1.57. The summed E-state index contributed by atoms with van der Waals surface area (Å²) < 4.78 is 5.31. The van der Waals surface area contributed by atoms with Crippen molar-refractivity contribution in [2.75, 3.05) is 13.6 Å². The van der Waals surface area contributed by atoms with Gasteiger partial charge in [0.25, 0.3) is 5.91 Å². The summed E-state index contributed by atoms with van der Waals surface area (Å²) in [6, 6.07) is 11.8. The van der Waals surface area contributed by atoms with E-state index in [0.717, 1.165) is 38.6 Å². The summed E-state index contributed by atoms with van der Waals surface area (Å²) in [4.78, 5) is 14.4. The van der Waals surface area contributed by atoms with Gasteiger partial charge in [0.1, 0.15) is 0 Å².